The lowest BCUT2D eigenvalue weighted by molar-refractivity contribution is 0.232. The highest BCUT2D eigenvalue weighted by molar-refractivity contribution is 7.89. The van der Waals surface area contributed by atoms with E-state index < -0.39 is 10.0 Å². The lowest BCUT2D eigenvalue weighted by atomic mass is 10.1. The van der Waals surface area contributed by atoms with Gasteiger partial charge in [0.15, 0.2) is 5.03 Å². The Morgan fingerprint density at radius 3 is 2.63 bits per heavy atom. The monoisotopic (exact) mass is 489 g/mol. The third-order valence-electron chi connectivity index (χ3n) is 7.57. The third-order valence-corrected chi connectivity index (χ3v) is 9.42. The maximum absolute atomic E-state index is 13.5. The van der Waals surface area contributed by atoms with Crippen LogP contribution in [-0.4, -0.2) is 72.9 Å². The second-order valence-electron chi connectivity index (χ2n) is 9.61. The average Bonchev–Trinajstić information content (AvgIpc) is 3.57. The minimum absolute atomic E-state index is 0.0416. The van der Waals surface area contributed by atoms with Gasteiger partial charge in [-0.1, -0.05) is 30.3 Å². The largest absolute Gasteiger partial charge is 0.368 e. The van der Waals surface area contributed by atoms with Crippen molar-refractivity contribution in [3.05, 3.63) is 67.0 Å². The number of nitrogens with zero attached hydrogens (tertiary/aromatic N) is 4. The number of fused-ring (bicyclic) bond motifs is 2. The number of sulfonamides is 1. The zero-order valence-electron chi connectivity index (χ0n) is 19.8. The Kier molecular flexibility index (Phi) is 5.96. The molecular formula is C27H31N5O2S. The topological polar surface area (TPSA) is 72.5 Å². The molecule has 2 aromatic heterocycles. The van der Waals surface area contributed by atoms with Crippen LogP contribution in [0.15, 0.2) is 72.0 Å². The SMILES string of the molecule is O=S(=O)(c1cc2ccccc2cn1)N1CCC[C@H]1CCN1CCN(c2cccc3[nH]ccc23)CC1. The van der Waals surface area contributed by atoms with Gasteiger partial charge in [0.2, 0.25) is 0 Å². The highest BCUT2D eigenvalue weighted by Gasteiger charge is 2.36. The van der Waals surface area contributed by atoms with Crippen LogP contribution in [0.4, 0.5) is 5.69 Å². The average molecular weight is 490 g/mol. The van der Waals surface area contributed by atoms with E-state index in [0.29, 0.717) is 6.54 Å². The first-order chi connectivity index (χ1) is 17.1. The van der Waals surface area contributed by atoms with E-state index >= 15 is 0 Å². The Morgan fingerprint density at radius 1 is 0.943 bits per heavy atom. The molecule has 1 N–H and O–H groups in total. The van der Waals surface area contributed by atoms with E-state index in [9.17, 15) is 8.42 Å². The molecule has 2 saturated heterocycles. The zero-order valence-corrected chi connectivity index (χ0v) is 20.6. The Bertz CT molecular complexity index is 1440. The van der Waals surface area contributed by atoms with Gasteiger partial charge in [0.1, 0.15) is 0 Å². The Labute approximate surface area is 206 Å². The lowest BCUT2D eigenvalue weighted by Crippen LogP contribution is -2.47. The summed E-state index contributed by atoms with van der Waals surface area (Å²) in [6, 6.07) is 18.1. The van der Waals surface area contributed by atoms with Crippen LogP contribution in [0, 0.1) is 0 Å². The van der Waals surface area contributed by atoms with Crippen LogP contribution in [0.25, 0.3) is 21.7 Å². The molecule has 0 spiro atoms. The molecule has 7 nitrogen and oxygen atoms in total. The van der Waals surface area contributed by atoms with Crippen LogP contribution >= 0.6 is 0 Å². The summed E-state index contributed by atoms with van der Waals surface area (Å²) in [5.41, 5.74) is 2.47. The summed E-state index contributed by atoms with van der Waals surface area (Å²) < 4.78 is 28.6. The Hall–Kier alpha value is -2.94. The van der Waals surface area contributed by atoms with E-state index in [1.54, 1.807) is 16.6 Å². The number of benzene rings is 2. The number of pyridine rings is 1. The molecule has 4 aromatic rings. The number of H-pyrrole nitrogens is 1. The van der Waals surface area contributed by atoms with Gasteiger partial charge >= 0.3 is 0 Å². The molecule has 0 aliphatic carbocycles. The van der Waals surface area contributed by atoms with Crippen molar-refractivity contribution in [1.82, 2.24) is 19.2 Å². The van der Waals surface area contributed by atoms with Crippen molar-refractivity contribution in [1.29, 1.82) is 0 Å². The van der Waals surface area contributed by atoms with E-state index in [1.165, 1.54) is 16.6 Å². The van der Waals surface area contributed by atoms with E-state index in [0.717, 1.165) is 62.8 Å². The number of hydrogen-bond donors (Lipinski definition) is 1. The second-order valence-corrected chi connectivity index (χ2v) is 11.5. The van der Waals surface area contributed by atoms with Crippen LogP contribution in [-0.2, 0) is 10.0 Å². The van der Waals surface area contributed by atoms with Crippen LogP contribution in [0.1, 0.15) is 19.3 Å². The van der Waals surface area contributed by atoms with Gasteiger partial charge in [-0.05, 0) is 55.5 Å². The van der Waals surface area contributed by atoms with E-state index in [2.05, 4.69) is 44.0 Å². The summed E-state index contributed by atoms with van der Waals surface area (Å²) in [7, 11) is -3.60. The van der Waals surface area contributed by atoms with E-state index in [4.69, 9.17) is 0 Å². The number of aromatic amines is 1. The highest BCUT2D eigenvalue weighted by Crippen LogP contribution is 2.30. The van der Waals surface area contributed by atoms with Crippen molar-refractivity contribution >= 4 is 37.4 Å². The number of piperazine rings is 1. The van der Waals surface area contributed by atoms with E-state index in [1.807, 2.05) is 30.5 Å². The van der Waals surface area contributed by atoms with Crippen molar-refractivity contribution in [3.8, 4) is 0 Å². The zero-order chi connectivity index (χ0) is 23.8. The summed E-state index contributed by atoms with van der Waals surface area (Å²) in [6.07, 6.45) is 6.36. The van der Waals surface area contributed by atoms with Gasteiger partial charge in [-0.15, -0.1) is 0 Å². The minimum Gasteiger partial charge on any atom is -0.368 e. The molecule has 6 rings (SSSR count). The molecule has 0 amide bonds. The van der Waals surface area contributed by atoms with Gasteiger partial charge < -0.3 is 9.88 Å². The molecule has 2 aliphatic heterocycles. The predicted octanol–water partition coefficient (Wildman–Crippen LogP) is 4.08. The van der Waals surface area contributed by atoms with Crippen molar-refractivity contribution in [2.75, 3.05) is 44.2 Å². The second kappa shape index (κ2) is 9.26. The van der Waals surface area contributed by atoms with Gasteiger partial charge in [-0.2, -0.15) is 4.31 Å². The van der Waals surface area contributed by atoms with Crippen molar-refractivity contribution in [2.45, 2.75) is 30.3 Å². The maximum atomic E-state index is 13.5. The summed E-state index contributed by atoms with van der Waals surface area (Å²) in [5.74, 6) is 0. The lowest BCUT2D eigenvalue weighted by Gasteiger charge is -2.37. The molecule has 1 atom stereocenters. The van der Waals surface area contributed by atoms with Crippen molar-refractivity contribution in [3.63, 3.8) is 0 Å². The number of aromatic nitrogens is 2. The quantitative estimate of drug-likeness (QED) is 0.442. The number of hydrogen-bond acceptors (Lipinski definition) is 5. The van der Waals surface area contributed by atoms with E-state index in [-0.39, 0.29) is 11.1 Å². The van der Waals surface area contributed by atoms with Gasteiger partial charge in [0, 0.05) is 73.1 Å². The summed E-state index contributed by atoms with van der Waals surface area (Å²) in [6.45, 7) is 5.45. The molecule has 2 fully saturated rings. The van der Waals surface area contributed by atoms with Gasteiger partial charge in [0.05, 0.1) is 0 Å². The van der Waals surface area contributed by atoms with Gasteiger partial charge in [0.25, 0.3) is 10.0 Å². The molecule has 2 aromatic carbocycles. The van der Waals surface area contributed by atoms with Crippen molar-refractivity contribution in [2.24, 2.45) is 0 Å². The first kappa shape index (κ1) is 22.5. The Morgan fingerprint density at radius 2 is 1.77 bits per heavy atom. The molecule has 182 valence electrons. The van der Waals surface area contributed by atoms with Crippen LogP contribution in [0.2, 0.25) is 0 Å². The smallest absolute Gasteiger partial charge is 0.260 e. The van der Waals surface area contributed by atoms with Gasteiger partial charge in [-0.3, -0.25) is 4.90 Å². The molecule has 35 heavy (non-hydrogen) atoms. The Balaban J connectivity index is 1.09. The predicted molar refractivity (Wildman–Crippen MR) is 140 cm³/mol. The minimum atomic E-state index is -3.60. The fourth-order valence-corrected chi connectivity index (χ4v) is 7.30. The molecule has 0 bridgehead atoms. The van der Waals surface area contributed by atoms with Gasteiger partial charge in [-0.25, -0.2) is 13.4 Å². The summed E-state index contributed by atoms with van der Waals surface area (Å²) in [4.78, 5) is 12.6. The fourth-order valence-electron chi connectivity index (χ4n) is 5.63. The fraction of sp³-hybridized carbons (Fsp3) is 0.370. The first-order valence-electron chi connectivity index (χ1n) is 12.5. The number of anilines is 1. The standard InChI is InChI=1S/C27H31N5O2S/c33-35(34,27-19-21-5-1-2-6-22(21)20-29-27)32-13-4-7-23(32)11-14-30-15-17-31(18-16-30)26-9-3-8-25-24(26)10-12-28-25/h1-3,5-6,8-10,12,19-20,23,28H,4,7,11,13-18H2/t23-/m0/s1. The first-order valence-corrected chi connectivity index (χ1v) is 13.9. The molecule has 0 radical (unpaired) electrons. The summed E-state index contributed by atoms with van der Waals surface area (Å²) >= 11 is 0. The maximum Gasteiger partial charge on any atom is 0.260 e. The van der Waals surface area contributed by atoms with Crippen LogP contribution < -0.4 is 4.90 Å². The number of nitrogens with one attached hydrogen (secondary N) is 1. The molecule has 0 unspecified atom stereocenters. The molecule has 0 saturated carbocycles. The molecule has 2 aliphatic rings. The molecule has 8 heteroatoms. The van der Waals surface area contributed by atoms with Crippen LogP contribution in [0.5, 0.6) is 0 Å². The third kappa shape index (κ3) is 4.30. The normalized spacial score (nSPS) is 20.2. The summed E-state index contributed by atoms with van der Waals surface area (Å²) in [5, 5.41) is 3.30. The number of rotatable bonds is 6. The van der Waals surface area contributed by atoms with Crippen LogP contribution in [0.3, 0.4) is 0 Å². The highest BCUT2D eigenvalue weighted by atomic mass is 32.2. The molecular weight excluding hydrogens is 458 g/mol. The molecule has 4 heterocycles. The van der Waals surface area contributed by atoms with Crippen molar-refractivity contribution < 1.29 is 8.42 Å².